The number of hydrogen-bond acceptors (Lipinski definition) is 4. The van der Waals surface area contributed by atoms with Crippen molar-refractivity contribution in [1.29, 1.82) is 0 Å². The van der Waals surface area contributed by atoms with E-state index in [0.717, 1.165) is 19.0 Å². The van der Waals surface area contributed by atoms with Crippen molar-refractivity contribution in [3.05, 3.63) is 98.7 Å². The molecule has 5 nitrogen and oxygen atoms in total. The molecule has 3 aromatic carbocycles. The number of fused-ring (bicyclic) bond motifs is 1. The highest BCUT2D eigenvalue weighted by atomic mass is 79.9. The molecule has 33 heavy (non-hydrogen) atoms. The molecular formula is C23H14Br4ClN3O2. The summed E-state index contributed by atoms with van der Waals surface area (Å²) in [5, 5.41) is 5.25. The van der Waals surface area contributed by atoms with Crippen LogP contribution in [0.1, 0.15) is 17.0 Å². The molecule has 10 heteroatoms. The molecular weight excluding hydrogens is 705 g/mol. The monoisotopic (exact) mass is 715 g/mol. The SMILES string of the molecule is Cc1nc2ccc(Br)cc2c(=O)n1N=Cc1cc(Cl)c(OCc2ccc(Br)cc2Br)c(Br)c1. The predicted molar refractivity (Wildman–Crippen MR) is 147 cm³/mol. The number of rotatable bonds is 5. The number of hydrogen-bond donors (Lipinski definition) is 0. The molecule has 0 bridgehead atoms. The number of halogens is 5. The van der Waals surface area contributed by atoms with E-state index in [9.17, 15) is 4.79 Å². The molecule has 0 N–H and O–H groups in total. The van der Waals surface area contributed by atoms with Gasteiger partial charge >= 0.3 is 0 Å². The highest BCUT2D eigenvalue weighted by molar-refractivity contribution is 9.11. The molecule has 4 rings (SSSR count). The normalized spacial score (nSPS) is 11.5. The van der Waals surface area contributed by atoms with Crippen LogP contribution in [0.25, 0.3) is 10.9 Å². The minimum absolute atomic E-state index is 0.250. The van der Waals surface area contributed by atoms with Crippen molar-refractivity contribution in [3.8, 4) is 5.75 Å². The summed E-state index contributed by atoms with van der Waals surface area (Å²) in [4.78, 5) is 17.4. The molecule has 0 aliphatic rings. The van der Waals surface area contributed by atoms with Crippen LogP contribution in [0.5, 0.6) is 5.75 Å². The first-order valence-corrected chi connectivity index (χ1v) is 13.1. The summed E-state index contributed by atoms with van der Waals surface area (Å²) in [7, 11) is 0. The lowest BCUT2D eigenvalue weighted by atomic mass is 10.2. The molecule has 0 saturated heterocycles. The summed E-state index contributed by atoms with van der Waals surface area (Å²) in [6.07, 6.45) is 1.56. The zero-order valence-electron chi connectivity index (χ0n) is 17.0. The highest BCUT2D eigenvalue weighted by Crippen LogP contribution is 2.35. The second-order valence-corrected chi connectivity index (χ2v) is 11.0. The van der Waals surface area contributed by atoms with Gasteiger partial charge in [-0.2, -0.15) is 9.78 Å². The van der Waals surface area contributed by atoms with Crippen LogP contribution >= 0.6 is 75.3 Å². The van der Waals surface area contributed by atoms with Gasteiger partial charge in [0, 0.05) is 19.0 Å². The lowest BCUT2D eigenvalue weighted by molar-refractivity contribution is 0.303. The maximum atomic E-state index is 12.9. The quantitative estimate of drug-likeness (QED) is 0.198. The lowest BCUT2D eigenvalue weighted by Gasteiger charge is -2.12. The second-order valence-electron chi connectivity index (χ2n) is 7.02. The molecule has 1 aromatic heterocycles. The zero-order valence-corrected chi connectivity index (χ0v) is 24.1. The lowest BCUT2D eigenvalue weighted by Crippen LogP contribution is -2.20. The van der Waals surface area contributed by atoms with Gasteiger partial charge in [0.15, 0.2) is 5.75 Å². The van der Waals surface area contributed by atoms with Crippen LogP contribution in [0.4, 0.5) is 0 Å². The summed E-state index contributed by atoms with van der Waals surface area (Å²) in [6, 6.07) is 14.8. The molecule has 0 unspecified atom stereocenters. The number of aromatic nitrogens is 2. The standard InChI is InChI=1S/C23H14Br4ClN3O2/c1-12-30-21-5-4-15(24)8-17(21)23(32)31(12)29-10-13-6-19(27)22(20(28)7-13)33-11-14-2-3-16(25)9-18(14)26/h2-10H,11H2,1H3. The average Bonchev–Trinajstić information content (AvgIpc) is 2.75. The van der Waals surface area contributed by atoms with Gasteiger partial charge in [0.05, 0.1) is 26.6 Å². The van der Waals surface area contributed by atoms with Gasteiger partial charge in [0.2, 0.25) is 0 Å². The number of ether oxygens (including phenoxy) is 1. The highest BCUT2D eigenvalue weighted by Gasteiger charge is 2.12. The van der Waals surface area contributed by atoms with Crippen molar-refractivity contribution in [1.82, 2.24) is 9.66 Å². The summed E-state index contributed by atoms with van der Waals surface area (Å²) >= 11 is 20.4. The molecule has 4 aromatic rings. The topological polar surface area (TPSA) is 56.5 Å². The minimum Gasteiger partial charge on any atom is -0.486 e. The van der Waals surface area contributed by atoms with Crippen molar-refractivity contribution in [2.24, 2.45) is 5.10 Å². The average molecular weight is 719 g/mol. The van der Waals surface area contributed by atoms with Crippen molar-refractivity contribution in [3.63, 3.8) is 0 Å². The Morgan fingerprint density at radius 1 is 1.03 bits per heavy atom. The Morgan fingerprint density at radius 3 is 2.48 bits per heavy atom. The van der Waals surface area contributed by atoms with Crippen LogP contribution in [-0.4, -0.2) is 15.9 Å². The molecule has 168 valence electrons. The second kappa shape index (κ2) is 10.4. The molecule has 0 radical (unpaired) electrons. The van der Waals surface area contributed by atoms with E-state index in [1.165, 1.54) is 4.68 Å². The number of aryl methyl sites for hydroxylation is 1. The van der Waals surface area contributed by atoms with Crippen molar-refractivity contribution in [2.75, 3.05) is 0 Å². The van der Waals surface area contributed by atoms with Crippen LogP contribution < -0.4 is 10.3 Å². The fourth-order valence-electron chi connectivity index (χ4n) is 3.10. The predicted octanol–water partition coefficient (Wildman–Crippen LogP) is 7.87. The first-order valence-electron chi connectivity index (χ1n) is 9.52. The molecule has 0 aliphatic carbocycles. The summed E-state index contributed by atoms with van der Waals surface area (Å²) in [6.45, 7) is 2.08. The Hall–Kier alpha value is -1.52. The Balaban J connectivity index is 1.60. The van der Waals surface area contributed by atoms with Gasteiger partial charge in [0.25, 0.3) is 5.56 Å². The van der Waals surface area contributed by atoms with E-state index in [4.69, 9.17) is 16.3 Å². The maximum Gasteiger partial charge on any atom is 0.282 e. The van der Waals surface area contributed by atoms with Crippen LogP contribution in [0.15, 0.2) is 76.3 Å². The molecule has 0 saturated carbocycles. The van der Waals surface area contributed by atoms with E-state index in [-0.39, 0.29) is 5.56 Å². The molecule has 0 aliphatic heterocycles. The van der Waals surface area contributed by atoms with E-state index >= 15 is 0 Å². The van der Waals surface area contributed by atoms with Gasteiger partial charge in [-0.15, -0.1) is 0 Å². The van der Waals surface area contributed by atoms with Crippen LogP contribution in [0.3, 0.4) is 0 Å². The first-order chi connectivity index (χ1) is 15.7. The molecule has 0 fully saturated rings. The molecule has 0 amide bonds. The zero-order chi connectivity index (χ0) is 23.7. The third-order valence-electron chi connectivity index (χ3n) is 4.70. The van der Waals surface area contributed by atoms with Gasteiger partial charge in [-0.25, -0.2) is 4.98 Å². The van der Waals surface area contributed by atoms with E-state index in [1.807, 2.05) is 30.3 Å². The van der Waals surface area contributed by atoms with Crippen molar-refractivity contribution >= 4 is 92.4 Å². The number of nitrogens with zero attached hydrogens (tertiary/aromatic N) is 3. The summed E-state index contributed by atoms with van der Waals surface area (Å²) in [5.41, 5.74) is 2.05. The van der Waals surface area contributed by atoms with Crippen molar-refractivity contribution in [2.45, 2.75) is 13.5 Å². The smallest absolute Gasteiger partial charge is 0.282 e. The Morgan fingerprint density at radius 2 is 1.76 bits per heavy atom. The van der Waals surface area contributed by atoms with Gasteiger partial charge in [-0.05, 0) is 70.9 Å². The van der Waals surface area contributed by atoms with Crippen LogP contribution in [0.2, 0.25) is 5.02 Å². The largest absolute Gasteiger partial charge is 0.486 e. The van der Waals surface area contributed by atoms with E-state index < -0.39 is 0 Å². The van der Waals surface area contributed by atoms with Gasteiger partial charge in [0.1, 0.15) is 12.4 Å². The van der Waals surface area contributed by atoms with E-state index in [1.54, 1.807) is 31.3 Å². The van der Waals surface area contributed by atoms with Gasteiger partial charge in [-0.1, -0.05) is 65.5 Å². The van der Waals surface area contributed by atoms with Crippen LogP contribution in [-0.2, 0) is 6.61 Å². The maximum absolute atomic E-state index is 12.9. The van der Waals surface area contributed by atoms with Crippen LogP contribution in [0, 0.1) is 6.92 Å². The van der Waals surface area contributed by atoms with Crippen molar-refractivity contribution < 1.29 is 4.74 Å². The fraction of sp³-hybridized carbons (Fsp3) is 0.0870. The molecule has 0 spiro atoms. The van der Waals surface area contributed by atoms with Gasteiger partial charge < -0.3 is 4.74 Å². The molecule has 0 atom stereocenters. The minimum atomic E-state index is -0.250. The van der Waals surface area contributed by atoms with E-state index in [2.05, 4.69) is 73.8 Å². The molecule has 1 heterocycles. The number of benzene rings is 3. The Labute approximate surface area is 228 Å². The Kier molecular flexibility index (Phi) is 7.75. The summed E-state index contributed by atoms with van der Waals surface area (Å²) in [5.74, 6) is 1.01. The van der Waals surface area contributed by atoms with Gasteiger partial charge in [-0.3, -0.25) is 4.79 Å². The van der Waals surface area contributed by atoms with E-state index in [0.29, 0.717) is 44.1 Å². The third kappa shape index (κ3) is 5.59. The fourth-order valence-corrected chi connectivity index (χ4v) is 5.61. The Bertz CT molecular complexity index is 1450. The summed E-state index contributed by atoms with van der Waals surface area (Å²) < 4.78 is 10.6. The first kappa shape index (κ1) is 24.6. The third-order valence-corrected chi connectivity index (χ3v) is 7.29.